The van der Waals surface area contributed by atoms with Gasteiger partial charge in [0.15, 0.2) is 0 Å². The molecule has 0 radical (unpaired) electrons. The molecule has 3 heterocycles. The van der Waals surface area contributed by atoms with Gasteiger partial charge < -0.3 is 14.4 Å². The largest absolute Gasteiger partial charge is 0.492 e. The van der Waals surface area contributed by atoms with Crippen LogP contribution in [-0.2, 0) is 29.0 Å². The maximum Gasteiger partial charge on any atom is 0.223 e. The summed E-state index contributed by atoms with van der Waals surface area (Å²) >= 11 is 0. The van der Waals surface area contributed by atoms with Crippen molar-refractivity contribution in [2.24, 2.45) is 0 Å². The first-order chi connectivity index (χ1) is 13.8. The molecule has 6 nitrogen and oxygen atoms in total. The molecular formula is C22H27N3O3. The molecule has 2 aliphatic heterocycles. The van der Waals surface area contributed by atoms with Crippen LogP contribution in [0.1, 0.15) is 23.1 Å². The summed E-state index contributed by atoms with van der Waals surface area (Å²) in [6.07, 6.45) is 4.97. The summed E-state index contributed by atoms with van der Waals surface area (Å²) in [6.45, 7) is 6.02. The average Bonchev–Trinajstić information content (AvgIpc) is 2.94. The number of pyridine rings is 1. The highest BCUT2D eigenvalue weighted by atomic mass is 16.5. The summed E-state index contributed by atoms with van der Waals surface area (Å²) in [7, 11) is 0. The molecule has 2 aliphatic rings. The van der Waals surface area contributed by atoms with E-state index >= 15 is 0 Å². The van der Waals surface area contributed by atoms with E-state index in [1.807, 2.05) is 17.3 Å². The lowest BCUT2D eigenvalue weighted by atomic mass is 10.0. The van der Waals surface area contributed by atoms with Gasteiger partial charge in [-0.2, -0.15) is 0 Å². The highest BCUT2D eigenvalue weighted by molar-refractivity contribution is 5.76. The fraction of sp³-hybridized carbons (Fsp3) is 0.455. The molecule has 28 heavy (non-hydrogen) atoms. The molecule has 0 aliphatic carbocycles. The molecule has 6 heteroatoms. The zero-order valence-corrected chi connectivity index (χ0v) is 16.2. The molecule has 0 unspecified atom stereocenters. The van der Waals surface area contributed by atoms with Crippen LogP contribution < -0.4 is 4.74 Å². The van der Waals surface area contributed by atoms with Crippen LogP contribution in [-0.4, -0.2) is 60.1 Å². The van der Waals surface area contributed by atoms with Crippen molar-refractivity contribution >= 4 is 5.91 Å². The van der Waals surface area contributed by atoms with Crippen LogP contribution in [0.4, 0.5) is 0 Å². The molecule has 0 atom stereocenters. The Bertz CT molecular complexity index is 791. The lowest BCUT2D eigenvalue weighted by molar-refractivity contribution is -0.135. The van der Waals surface area contributed by atoms with Gasteiger partial charge in [-0.05, 0) is 35.7 Å². The highest BCUT2D eigenvalue weighted by Gasteiger charge is 2.18. The van der Waals surface area contributed by atoms with E-state index in [2.05, 4.69) is 40.2 Å². The van der Waals surface area contributed by atoms with Crippen LogP contribution in [0.15, 0.2) is 42.7 Å². The van der Waals surface area contributed by atoms with Crippen LogP contribution in [0, 0.1) is 0 Å². The van der Waals surface area contributed by atoms with Crippen molar-refractivity contribution in [3.8, 4) is 5.75 Å². The number of aryl methyl sites for hydroxylation is 1. The van der Waals surface area contributed by atoms with Crippen LogP contribution in [0.25, 0.3) is 0 Å². The summed E-state index contributed by atoms with van der Waals surface area (Å²) in [4.78, 5) is 20.8. The Morgan fingerprint density at radius 3 is 2.64 bits per heavy atom. The maximum atomic E-state index is 12.4. The van der Waals surface area contributed by atoms with Gasteiger partial charge in [0.2, 0.25) is 5.91 Å². The van der Waals surface area contributed by atoms with E-state index < -0.39 is 0 Å². The van der Waals surface area contributed by atoms with Crippen LogP contribution in [0.3, 0.4) is 0 Å². The average molecular weight is 381 g/mol. The Balaban J connectivity index is 1.38. The van der Waals surface area contributed by atoms with Gasteiger partial charge in [-0.25, -0.2) is 0 Å². The minimum Gasteiger partial charge on any atom is -0.492 e. The summed E-state index contributed by atoms with van der Waals surface area (Å²) in [5.74, 6) is 1.18. The number of amides is 1. The number of hydrogen-bond acceptors (Lipinski definition) is 5. The minimum absolute atomic E-state index is 0.216. The van der Waals surface area contributed by atoms with Crippen molar-refractivity contribution in [2.45, 2.75) is 25.9 Å². The Morgan fingerprint density at radius 2 is 1.82 bits per heavy atom. The summed E-state index contributed by atoms with van der Waals surface area (Å²) in [5.41, 5.74) is 3.64. The third-order valence-electron chi connectivity index (χ3n) is 5.33. The van der Waals surface area contributed by atoms with Crippen molar-refractivity contribution in [2.75, 3.05) is 39.5 Å². The first kappa shape index (κ1) is 18.9. The second-order valence-electron chi connectivity index (χ2n) is 7.35. The van der Waals surface area contributed by atoms with E-state index in [1.165, 1.54) is 16.7 Å². The third kappa shape index (κ3) is 4.88. The summed E-state index contributed by atoms with van der Waals surface area (Å²) in [5, 5.41) is 0. The number of ether oxygens (including phenoxy) is 2. The molecule has 1 aromatic heterocycles. The molecule has 0 saturated carbocycles. The van der Waals surface area contributed by atoms with Crippen molar-refractivity contribution in [3.63, 3.8) is 0 Å². The predicted octanol–water partition coefficient (Wildman–Crippen LogP) is 2.27. The lowest BCUT2D eigenvalue weighted by Gasteiger charge is -2.26. The smallest absolute Gasteiger partial charge is 0.223 e. The van der Waals surface area contributed by atoms with Crippen LogP contribution in [0.5, 0.6) is 5.75 Å². The van der Waals surface area contributed by atoms with E-state index in [0.29, 0.717) is 39.3 Å². The lowest BCUT2D eigenvalue weighted by Crippen LogP contribution is -2.40. The van der Waals surface area contributed by atoms with Gasteiger partial charge in [-0.15, -0.1) is 0 Å². The summed E-state index contributed by atoms with van der Waals surface area (Å²) in [6, 6.07) is 10.5. The Hall–Kier alpha value is -2.44. The van der Waals surface area contributed by atoms with Gasteiger partial charge in [0.05, 0.1) is 13.2 Å². The highest BCUT2D eigenvalue weighted by Crippen LogP contribution is 2.26. The molecule has 2 aromatic rings. The first-order valence-electron chi connectivity index (χ1n) is 9.99. The Morgan fingerprint density at radius 1 is 1.00 bits per heavy atom. The number of carbonyl (C=O) groups is 1. The number of morpholine rings is 1. The zero-order chi connectivity index (χ0) is 19.2. The Kier molecular flexibility index (Phi) is 6.19. The second kappa shape index (κ2) is 9.17. The topological polar surface area (TPSA) is 54.9 Å². The number of nitrogens with zero attached hydrogens (tertiary/aromatic N) is 3. The fourth-order valence-electron chi connectivity index (χ4n) is 3.76. The molecule has 4 rings (SSSR count). The Labute approximate surface area is 166 Å². The standard InChI is InChI=1S/C22H27N3O3/c26-22(25-10-12-27-13-11-25)4-2-18-1-3-21-20(15-18)17-24(9-14-28-21)16-19-5-7-23-8-6-19/h1,3,5-8,15H,2,4,9-14,16-17H2. The third-order valence-corrected chi connectivity index (χ3v) is 5.33. The second-order valence-corrected chi connectivity index (χ2v) is 7.35. The van der Waals surface area contributed by atoms with E-state index in [-0.39, 0.29) is 5.91 Å². The van der Waals surface area contributed by atoms with Gasteiger partial charge >= 0.3 is 0 Å². The molecule has 0 N–H and O–H groups in total. The van der Waals surface area contributed by atoms with E-state index in [9.17, 15) is 4.79 Å². The van der Waals surface area contributed by atoms with Crippen molar-refractivity contribution in [1.29, 1.82) is 0 Å². The van der Waals surface area contributed by atoms with Crippen LogP contribution in [0.2, 0.25) is 0 Å². The minimum atomic E-state index is 0.216. The molecule has 1 fully saturated rings. The molecule has 148 valence electrons. The number of fused-ring (bicyclic) bond motifs is 1. The van der Waals surface area contributed by atoms with Crippen molar-refractivity contribution < 1.29 is 14.3 Å². The van der Waals surface area contributed by atoms with E-state index in [4.69, 9.17) is 9.47 Å². The van der Waals surface area contributed by atoms with Gasteiger partial charge in [0.25, 0.3) is 0 Å². The van der Waals surface area contributed by atoms with E-state index in [0.717, 1.165) is 31.8 Å². The van der Waals surface area contributed by atoms with Gasteiger partial charge in [-0.1, -0.05) is 12.1 Å². The number of benzene rings is 1. The van der Waals surface area contributed by atoms with E-state index in [1.54, 1.807) is 0 Å². The number of aromatic nitrogens is 1. The first-order valence-corrected chi connectivity index (χ1v) is 9.99. The van der Waals surface area contributed by atoms with Crippen LogP contribution >= 0.6 is 0 Å². The van der Waals surface area contributed by atoms with Gasteiger partial charge in [0.1, 0.15) is 12.4 Å². The SMILES string of the molecule is O=C(CCc1ccc2c(c1)CN(Cc1ccncc1)CCO2)N1CCOCC1. The fourth-order valence-corrected chi connectivity index (χ4v) is 3.76. The van der Waals surface area contributed by atoms with Crippen molar-refractivity contribution in [1.82, 2.24) is 14.8 Å². The van der Waals surface area contributed by atoms with Crippen molar-refractivity contribution in [3.05, 3.63) is 59.4 Å². The molecule has 0 bridgehead atoms. The van der Waals surface area contributed by atoms with Gasteiger partial charge in [-0.3, -0.25) is 14.7 Å². The molecule has 1 amide bonds. The van der Waals surface area contributed by atoms with Gasteiger partial charge in [0, 0.05) is 57.1 Å². The molecule has 1 saturated heterocycles. The summed E-state index contributed by atoms with van der Waals surface area (Å²) < 4.78 is 11.3. The molecular weight excluding hydrogens is 354 g/mol. The monoisotopic (exact) mass is 381 g/mol. The quantitative estimate of drug-likeness (QED) is 0.795. The molecule has 1 aromatic carbocycles. The maximum absolute atomic E-state index is 12.4. The number of rotatable bonds is 5. The normalized spacial score (nSPS) is 17.5. The molecule has 0 spiro atoms. The number of carbonyl (C=O) groups excluding carboxylic acids is 1. The number of hydrogen-bond donors (Lipinski definition) is 0. The predicted molar refractivity (Wildman–Crippen MR) is 106 cm³/mol. The zero-order valence-electron chi connectivity index (χ0n) is 16.2.